The van der Waals surface area contributed by atoms with Gasteiger partial charge in [0, 0.05) is 32.9 Å². The SMILES string of the molecule is CN=C(NCc1ccnc(N2CCOC(C)C2)c1)NC(C)c1ccc(OC)c(F)c1. The number of hydrogen-bond acceptors (Lipinski definition) is 5. The van der Waals surface area contributed by atoms with Crippen molar-refractivity contribution < 1.29 is 13.9 Å². The average Bonchev–Trinajstić information content (AvgIpc) is 2.76. The molecular weight excluding hydrogens is 385 g/mol. The summed E-state index contributed by atoms with van der Waals surface area (Å²) in [7, 11) is 3.17. The Labute approximate surface area is 177 Å². The Balaban J connectivity index is 1.59. The van der Waals surface area contributed by atoms with Crippen molar-refractivity contribution in [3.63, 3.8) is 0 Å². The summed E-state index contributed by atoms with van der Waals surface area (Å²) in [6.07, 6.45) is 2.03. The first-order chi connectivity index (χ1) is 14.5. The molecule has 2 atom stereocenters. The van der Waals surface area contributed by atoms with Crippen molar-refractivity contribution in [1.82, 2.24) is 15.6 Å². The number of aliphatic imine (C=N–C) groups is 1. The van der Waals surface area contributed by atoms with Gasteiger partial charge in [0.05, 0.1) is 25.9 Å². The van der Waals surface area contributed by atoms with E-state index in [9.17, 15) is 4.39 Å². The molecule has 0 amide bonds. The van der Waals surface area contributed by atoms with E-state index in [-0.39, 0.29) is 23.7 Å². The Morgan fingerprint density at radius 2 is 2.23 bits per heavy atom. The van der Waals surface area contributed by atoms with E-state index in [0.717, 1.165) is 30.0 Å². The largest absolute Gasteiger partial charge is 0.494 e. The number of hydrogen-bond donors (Lipinski definition) is 2. The Kier molecular flexibility index (Phi) is 7.46. The smallest absolute Gasteiger partial charge is 0.191 e. The van der Waals surface area contributed by atoms with Crippen LogP contribution in [0.15, 0.2) is 41.5 Å². The summed E-state index contributed by atoms with van der Waals surface area (Å²) in [6.45, 7) is 7.02. The highest BCUT2D eigenvalue weighted by atomic mass is 19.1. The van der Waals surface area contributed by atoms with E-state index in [1.54, 1.807) is 13.1 Å². The van der Waals surface area contributed by atoms with Crippen LogP contribution in [0.4, 0.5) is 10.2 Å². The molecule has 2 aromatic rings. The number of pyridine rings is 1. The van der Waals surface area contributed by atoms with E-state index in [2.05, 4.69) is 38.5 Å². The summed E-state index contributed by atoms with van der Waals surface area (Å²) in [5.41, 5.74) is 1.91. The maximum Gasteiger partial charge on any atom is 0.191 e. The number of morpholine rings is 1. The number of guanidine groups is 1. The molecule has 7 nitrogen and oxygen atoms in total. The van der Waals surface area contributed by atoms with Gasteiger partial charge in [0.2, 0.25) is 0 Å². The quantitative estimate of drug-likeness (QED) is 0.559. The van der Waals surface area contributed by atoms with Crippen LogP contribution in [-0.2, 0) is 11.3 Å². The van der Waals surface area contributed by atoms with Crippen molar-refractivity contribution in [2.24, 2.45) is 4.99 Å². The zero-order chi connectivity index (χ0) is 21.5. The monoisotopic (exact) mass is 415 g/mol. The lowest BCUT2D eigenvalue weighted by molar-refractivity contribution is 0.0529. The average molecular weight is 416 g/mol. The van der Waals surface area contributed by atoms with Crippen LogP contribution < -0.4 is 20.3 Å². The number of ether oxygens (including phenoxy) is 2. The summed E-state index contributed by atoms with van der Waals surface area (Å²) in [5, 5.41) is 6.60. The minimum absolute atomic E-state index is 0.126. The molecule has 1 fully saturated rings. The lowest BCUT2D eigenvalue weighted by Crippen LogP contribution is -2.41. The molecule has 0 radical (unpaired) electrons. The molecule has 0 spiro atoms. The molecule has 1 aromatic heterocycles. The number of aromatic nitrogens is 1. The summed E-state index contributed by atoms with van der Waals surface area (Å²) in [6, 6.07) is 8.88. The molecular formula is C22H30FN5O2. The maximum atomic E-state index is 14.0. The molecule has 2 N–H and O–H groups in total. The van der Waals surface area contributed by atoms with E-state index in [1.807, 2.05) is 25.3 Å². The molecule has 1 saturated heterocycles. The van der Waals surface area contributed by atoms with Gasteiger partial charge in [0.1, 0.15) is 5.82 Å². The molecule has 0 saturated carbocycles. The van der Waals surface area contributed by atoms with Gasteiger partial charge in [-0.05, 0) is 49.2 Å². The number of anilines is 1. The van der Waals surface area contributed by atoms with E-state index in [0.29, 0.717) is 19.1 Å². The van der Waals surface area contributed by atoms with Gasteiger partial charge < -0.3 is 25.0 Å². The Bertz CT molecular complexity index is 876. The topological polar surface area (TPSA) is 71.0 Å². The number of halogens is 1. The number of benzene rings is 1. The van der Waals surface area contributed by atoms with Crippen molar-refractivity contribution in [2.45, 2.75) is 32.5 Å². The minimum atomic E-state index is -0.381. The molecule has 0 bridgehead atoms. The fourth-order valence-corrected chi connectivity index (χ4v) is 3.39. The number of nitrogens with one attached hydrogen (secondary N) is 2. The predicted molar refractivity (Wildman–Crippen MR) is 117 cm³/mol. The minimum Gasteiger partial charge on any atom is -0.494 e. The standard InChI is InChI=1S/C22H30FN5O2/c1-15-14-28(9-10-30-15)21-11-17(7-8-25-21)13-26-22(24-3)27-16(2)18-5-6-20(29-4)19(23)12-18/h5-8,11-12,15-16H,9-10,13-14H2,1-4H3,(H2,24,26,27). The van der Waals surface area contributed by atoms with Gasteiger partial charge in [-0.15, -0.1) is 0 Å². The number of nitrogens with zero attached hydrogens (tertiary/aromatic N) is 3. The van der Waals surface area contributed by atoms with Gasteiger partial charge in [0.15, 0.2) is 17.5 Å². The zero-order valence-corrected chi connectivity index (χ0v) is 18.0. The van der Waals surface area contributed by atoms with Crippen LogP contribution in [-0.4, -0.2) is 50.9 Å². The first-order valence-electron chi connectivity index (χ1n) is 10.1. The van der Waals surface area contributed by atoms with Gasteiger partial charge in [-0.1, -0.05) is 6.07 Å². The van der Waals surface area contributed by atoms with Crippen molar-refractivity contribution in [3.8, 4) is 5.75 Å². The van der Waals surface area contributed by atoms with Crippen LogP contribution in [0.3, 0.4) is 0 Å². The van der Waals surface area contributed by atoms with Crippen LogP contribution in [0.25, 0.3) is 0 Å². The van der Waals surface area contributed by atoms with Crippen LogP contribution in [0.2, 0.25) is 0 Å². The van der Waals surface area contributed by atoms with Crippen molar-refractivity contribution in [2.75, 3.05) is 38.8 Å². The van der Waals surface area contributed by atoms with Gasteiger partial charge in [-0.25, -0.2) is 9.37 Å². The molecule has 162 valence electrons. The highest BCUT2D eigenvalue weighted by molar-refractivity contribution is 5.80. The lowest BCUT2D eigenvalue weighted by atomic mass is 10.1. The summed E-state index contributed by atoms with van der Waals surface area (Å²) < 4.78 is 24.6. The molecule has 2 unspecified atom stereocenters. The first-order valence-corrected chi connectivity index (χ1v) is 10.1. The van der Waals surface area contributed by atoms with Crippen LogP contribution in [0.1, 0.15) is 31.0 Å². The fourth-order valence-electron chi connectivity index (χ4n) is 3.39. The third kappa shape index (κ3) is 5.60. The molecule has 30 heavy (non-hydrogen) atoms. The predicted octanol–water partition coefficient (Wildman–Crippen LogP) is 2.88. The number of methoxy groups -OCH3 is 1. The second-order valence-corrected chi connectivity index (χ2v) is 7.34. The highest BCUT2D eigenvalue weighted by Crippen LogP contribution is 2.21. The normalized spacial score (nSPS) is 18.1. The van der Waals surface area contributed by atoms with Crippen molar-refractivity contribution in [3.05, 3.63) is 53.5 Å². The second kappa shape index (κ2) is 10.2. The first kappa shape index (κ1) is 21.8. The van der Waals surface area contributed by atoms with Crippen LogP contribution in [0.5, 0.6) is 5.75 Å². The van der Waals surface area contributed by atoms with Crippen molar-refractivity contribution in [1.29, 1.82) is 0 Å². The number of rotatable bonds is 6. The lowest BCUT2D eigenvalue weighted by Gasteiger charge is -2.32. The molecule has 0 aliphatic carbocycles. The van der Waals surface area contributed by atoms with Gasteiger partial charge >= 0.3 is 0 Å². The zero-order valence-electron chi connectivity index (χ0n) is 18.0. The molecule has 1 aromatic carbocycles. The van der Waals surface area contributed by atoms with Gasteiger partial charge in [-0.2, -0.15) is 0 Å². The molecule has 1 aliphatic heterocycles. The molecule has 1 aliphatic rings. The van der Waals surface area contributed by atoms with E-state index in [1.165, 1.54) is 13.2 Å². The van der Waals surface area contributed by atoms with E-state index >= 15 is 0 Å². The Morgan fingerprint density at radius 3 is 2.93 bits per heavy atom. The third-order valence-corrected chi connectivity index (χ3v) is 5.09. The van der Waals surface area contributed by atoms with Gasteiger partial charge in [-0.3, -0.25) is 4.99 Å². The van der Waals surface area contributed by atoms with Crippen LogP contribution >= 0.6 is 0 Å². The Hall–Kier alpha value is -2.87. The van der Waals surface area contributed by atoms with Gasteiger partial charge in [0.25, 0.3) is 0 Å². The summed E-state index contributed by atoms with van der Waals surface area (Å²) in [5.74, 6) is 1.44. The second-order valence-electron chi connectivity index (χ2n) is 7.34. The van der Waals surface area contributed by atoms with Crippen LogP contribution in [0, 0.1) is 5.82 Å². The van der Waals surface area contributed by atoms with Crippen molar-refractivity contribution >= 4 is 11.8 Å². The highest BCUT2D eigenvalue weighted by Gasteiger charge is 2.18. The molecule has 2 heterocycles. The van der Waals surface area contributed by atoms with E-state index < -0.39 is 0 Å². The summed E-state index contributed by atoms with van der Waals surface area (Å²) in [4.78, 5) is 11.0. The third-order valence-electron chi connectivity index (χ3n) is 5.09. The molecule has 3 rings (SSSR count). The fraction of sp³-hybridized carbons (Fsp3) is 0.455. The molecule has 8 heteroatoms. The van der Waals surface area contributed by atoms with E-state index in [4.69, 9.17) is 9.47 Å². The Morgan fingerprint density at radius 1 is 1.40 bits per heavy atom. The maximum absolute atomic E-state index is 14.0. The summed E-state index contributed by atoms with van der Waals surface area (Å²) >= 11 is 0.